The van der Waals surface area contributed by atoms with Gasteiger partial charge in [-0.25, -0.2) is 4.79 Å². The SMILES string of the molecule is CN1CCC(C(=O)Nc2cccc(C(=O)O)c2)C1. The van der Waals surface area contributed by atoms with Crippen molar-refractivity contribution in [3.8, 4) is 0 Å². The van der Waals surface area contributed by atoms with E-state index in [0.29, 0.717) is 5.69 Å². The van der Waals surface area contributed by atoms with Crippen molar-refractivity contribution < 1.29 is 14.7 Å². The molecule has 5 nitrogen and oxygen atoms in total. The van der Waals surface area contributed by atoms with Gasteiger partial charge >= 0.3 is 5.97 Å². The van der Waals surface area contributed by atoms with Crippen LogP contribution in [0.2, 0.25) is 0 Å². The van der Waals surface area contributed by atoms with Crippen LogP contribution in [-0.4, -0.2) is 42.0 Å². The van der Waals surface area contributed by atoms with E-state index in [4.69, 9.17) is 5.11 Å². The van der Waals surface area contributed by atoms with Crippen molar-refractivity contribution in [1.29, 1.82) is 0 Å². The highest BCUT2D eigenvalue weighted by molar-refractivity contribution is 5.95. The molecule has 0 aromatic heterocycles. The minimum absolute atomic E-state index is 0.0107. The van der Waals surface area contributed by atoms with Gasteiger partial charge in [0, 0.05) is 12.2 Å². The van der Waals surface area contributed by atoms with E-state index < -0.39 is 5.97 Å². The number of carbonyl (C=O) groups excluding carboxylic acids is 1. The Morgan fingerprint density at radius 1 is 1.44 bits per heavy atom. The maximum absolute atomic E-state index is 12.0. The van der Waals surface area contributed by atoms with E-state index in [1.807, 2.05) is 7.05 Å². The number of likely N-dealkylation sites (tertiary alicyclic amines) is 1. The van der Waals surface area contributed by atoms with Gasteiger partial charge in [0.15, 0.2) is 0 Å². The molecule has 2 N–H and O–H groups in total. The van der Waals surface area contributed by atoms with Gasteiger partial charge in [-0.3, -0.25) is 4.79 Å². The monoisotopic (exact) mass is 248 g/mol. The second-order valence-electron chi connectivity index (χ2n) is 4.62. The summed E-state index contributed by atoms with van der Waals surface area (Å²) in [6.45, 7) is 1.68. The molecule has 2 rings (SSSR count). The Morgan fingerprint density at radius 2 is 2.22 bits per heavy atom. The number of nitrogens with zero attached hydrogens (tertiary/aromatic N) is 1. The van der Waals surface area contributed by atoms with Gasteiger partial charge < -0.3 is 15.3 Å². The standard InChI is InChI=1S/C13H16N2O3/c1-15-6-5-10(8-15)12(16)14-11-4-2-3-9(7-11)13(17)18/h2-4,7,10H,5-6,8H2,1H3,(H,14,16)(H,17,18). The van der Waals surface area contributed by atoms with E-state index >= 15 is 0 Å². The Hall–Kier alpha value is -1.88. The average Bonchev–Trinajstić information content (AvgIpc) is 2.76. The Balaban J connectivity index is 2.03. The molecule has 0 radical (unpaired) electrons. The molecule has 0 bridgehead atoms. The largest absolute Gasteiger partial charge is 0.478 e. The van der Waals surface area contributed by atoms with Crippen LogP contribution < -0.4 is 5.32 Å². The van der Waals surface area contributed by atoms with Gasteiger partial charge in [0.25, 0.3) is 0 Å². The maximum Gasteiger partial charge on any atom is 0.335 e. The molecule has 5 heteroatoms. The van der Waals surface area contributed by atoms with Crippen LogP contribution in [0.25, 0.3) is 0 Å². The van der Waals surface area contributed by atoms with Crippen LogP contribution in [0.5, 0.6) is 0 Å². The third-order valence-electron chi connectivity index (χ3n) is 3.14. The third-order valence-corrected chi connectivity index (χ3v) is 3.14. The van der Waals surface area contributed by atoms with Gasteiger partial charge in [0.1, 0.15) is 0 Å². The summed E-state index contributed by atoms with van der Waals surface area (Å²) in [4.78, 5) is 24.9. The van der Waals surface area contributed by atoms with Crippen molar-refractivity contribution in [2.24, 2.45) is 5.92 Å². The Kier molecular flexibility index (Phi) is 3.62. The molecule has 1 aliphatic rings. The molecule has 1 atom stereocenters. The molecule has 0 saturated carbocycles. The Bertz CT molecular complexity index is 473. The van der Waals surface area contributed by atoms with Gasteiger partial charge in [0.2, 0.25) is 5.91 Å². The normalized spacial score (nSPS) is 19.7. The molecular formula is C13H16N2O3. The number of benzene rings is 1. The van der Waals surface area contributed by atoms with E-state index in [1.165, 1.54) is 12.1 Å². The summed E-state index contributed by atoms with van der Waals surface area (Å²) in [5.74, 6) is -1.04. The number of carboxylic acid groups (broad SMARTS) is 1. The number of aromatic carboxylic acids is 1. The zero-order valence-electron chi connectivity index (χ0n) is 10.2. The van der Waals surface area contributed by atoms with Crippen LogP contribution in [0.4, 0.5) is 5.69 Å². The molecule has 1 unspecified atom stereocenters. The average molecular weight is 248 g/mol. The van der Waals surface area contributed by atoms with Crippen molar-refractivity contribution in [2.75, 3.05) is 25.5 Å². The quantitative estimate of drug-likeness (QED) is 0.845. The number of hydrogen-bond acceptors (Lipinski definition) is 3. The van der Waals surface area contributed by atoms with E-state index in [2.05, 4.69) is 10.2 Å². The van der Waals surface area contributed by atoms with E-state index in [1.54, 1.807) is 12.1 Å². The minimum atomic E-state index is -0.994. The Labute approximate surface area is 105 Å². The highest BCUT2D eigenvalue weighted by atomic mass is 16.4. The summed E-state index contributed by atoms with van der Waals surface area (Å²) in [5, 5.41) is 11.6. The van der Waals surface area contributed by atoms with Crippen LogP contribution in [0.1, 0.15) is 16.8 Å². The first kappa shape index (κ1) is 12.6. The molecule has 1 aromatic rings. The van der Waals surface area contributed by atoms with E-state index in [9.17, 15) is 9.59 Å². The Morgan fingerprint density at radius 3 is 2.83 bits per heavy atom. The molecule has 1 amide bonds. The van der Waals surface area contributed by atoms with Crippen molar-refractivity contribution in [1.82, 2.24) is 4.90 Å². The predicted octanol–water partition coefficient (Wildman–Crippen LogP) is 1.28. The molecule has 18 heavy (non-hydrogen) atoms. The molecule has 1 aliphatic heterocycles. The fourth-order valence-corrected chi connectivity index (χ4v) is 2.12. The van der Waals surface area contributed by atoms with Gasteiger partial charge in [0.05, 0.1) is 11.5 Å². The summed E-state index contributed by atoms with van der Waals surface area (Å²) in [6.07, 6.45) is 0.848. The first-order valence-corrected chi connectivity index (χ1v) is 5.89. The van der Waals surface area contributed by atoms with Gasteiger partial charge in [-0.1, -0.05) is 6.07 Å². The third kappa shape index (κ3) is 2.87. The van der Waals surface area contributed by atoms with Crippen LogP contribution in [-0.2, 0) is 4.79 Å². The molecule has 1 aromatic carbocycles. The van der Waals surface area contributed by atoms with Crippen LogP contribution in [0.15, 0.2) is 24.3 Å². The molecular weight excluding hydrogens is 232 g/mol. The highest BCUT2D eigenvalue weighted by Crippen LogP contribution is 2.18. The van der Waals surface area contributed by atoms with Gasteiger partial charge in [-0.2, -0.15) is 0 Å². The minimum Gasteiger partial charge on any atom is -0.478 e. The van der Waals surface area contributed by atoms with E-state index in [0.717, 1.165) is 19.5 Å². The molecule has 1 saturated heterocycles. The van der Waals surface area contributed by atoms with Crippen molar-refractivity contribution in [2.45, 2.75) is 6.42 Å². The number of nitrogens with one attached hydrogen (secondary N) is 1. The fraction of sp³-hybridized carbons (Fsp3) is 0.385. The number of amides is 1. The van der Waals surface area contributed by atoms with E-state index in [-0.39, 0.29) is 17.4 Å². The first-order valence-electron chi connectivity index (χ1n) is 5.89. The lowest BCUT2D eigenvalue weighted by Crippen LogP contribution is -2.25. The van der Waals surface area contributed by atoms with Crippen LogP contribution in [0, 0.1) is 5.92 Å². The predicted molar refractivity (Wildman–Crippen MR) is 67.6 cm³/mol. The first-order chi connectivity index (χ1) is 8.56. The van der Waals surface area contributed by atoms with Crippen molar-refractivity contribution in [3.05, 3.63) is 29.8 Å². The lowest BCUT2D eigenvalue weighted by Gasteiger charge is -2.11. The highest BCUT2D eigenvalue weighted by Gasteiger charge is 2.26. The second kappa shape index (κ2) is 5.18. The summed E-state index contributed by atoms with van der Waals surface area (Å²) < 4.78 is 0. The van der Waals surface area contributed by atoms with Crippen LogP contribution in [0.3, 0.4) is 0 Å². The zero-order valence-corrected chi connectivity index (χ0v) is 10.2. The maximum atomic E-state index is 12.0. The van der Waals surface area contributed by atoms with Crippen molar-refractivity contribution in [3.63, 3.8) is 0 Å². The van der Waals surface area contributed by atoms with Gasteiger partial charge in [-0.15, -0.1) is 0 Å². The number of rotatable bonds is 3. The lowest BCUT2D eigenvalue weighted by molar-refractivity contribution is -0.119. The summed E-state index contributed by atoms with van der Waals surface area (Å²) in [7, 11) is 1.98. The number of carbonyl (C=O) groups is 2. The smallest absolute Gasteiger partial charge is 0.335 e. The zero-order chi connectivity index (χ0) is 13.1. The summed E-state index contributed by atoms with van der Waals surface area (Å²) >= 11 is 0. The molecule has 1 heterocycles. The lowest BCUT2D eigenvalue weighted by atomic mass is 10.1. The number of anilines is 1. The van der Waals surface area contributed by atoms with Crippen molar-refractivity contribution >= 4 is 17.6 Å². The van der Waals surface area contributed by atoms with Gasteiger partial charge in [-0.05, 0) is 38.2 Å². The number of carboxylic acids is 1. The molecule has 0 aliphatic carbocycles. The number of hydrogen-bond donors (Lipinski definition) is 2. The summed E-state index contributed by atoms with van der Waals surface area (Å²) in [5.41, 5.74) is 0.714. The summed E-state index contributed by atoms with van der Waals surface area (Å²) in [6, 6.07) is 6.29. The molecule has 0 spiro atoms. The van der Waals surface area contributed by atoms with Crippen LogP contribution >= 0.6 is 0 Å². The fourth-order valence-electron chi connectivity index (χ4n) is 2.12. The molecule has 1 fully saturated rings. The molecule has 96 valence electrons. The second-order valence-corrected chi connectivity index (χ2v) is 4.62. The topological polar surface area (TPSA) is 69.6 Å².